The lowest BCUT2D eigenvalue weighted by molar-refractivity contribution is 0.0934. The van der Waals surface area contributed by atoms with Crippen LogP contribution in [0.5, 0.6) is 11.5 Å². The average molecular weight is 422 g/mol. The van der Waals surface area contributed by atoms with Gasteiger partial charge >= 0.3 is 0 Å². The predicted octanol–water partition coefficient (Wildman–Crippen LogP) is 3.08. The molecule has 2 aromatic rings. The molecule has 1 atom stereocenters. The highest BCUT2D eigenvalue weighted by molar-refractivity contribution is 9.10. The van der Waals surface area contributed by atoms with Crippen LogP contribution in [0.1, 0.15) is 32.5 Å². The van der Waals surface area contributed by atoms with Gasteiger partial charge < -0.3 is 25.0 Å². The number of benzene rings is 1. The van der Waals surface area contributed by atoms with Crippen LogP contribution >= 0.6 is 27.3 Å². The Balaban J connectivity index is 1.52. The van der Waals surface area contributed by atoms with Crippen molar-refractivity contribution in [2.24, 2.45) is 0 Å². The van der Waals surface area contributed by atoms with Gasteiger partial charge in [0.2, 0.25) is 6.79 Å². The van der Waals surface area contributed by atoms with Crippen molar-refractivity contribution in [3.8, 4) is 11.5 Å². The van der Waals surface area contributed by atoms with Crippen LogP contribution in [-0.4, -0.2) is 31.2 Å². The predicted molar refractivity (Wildman–Crippen MR) is 98.5 cm³/mol. The van der Waals surface area contributed by atoms with Crippen LogP contribution in [-0.2, 0) is 13.0 Å². The highest BCUT2D eigenvalue weighted by atomic mass is 79.9. The lowest BCUT2D eigenvalue weighted by atomic mass is 10.0. The molecule has 6 nitrogen and oxygen atoms in total. The van der Waals surface area contributed by atoms with Crippen LogP contribution < -0.4 is 20.1 Å². The number of nitrogens with one attached hydrogen (secondary N) is 2. The fourth-order valence-corrected chi connectivity index (χ4v) is 5.46. The number of halogens is 1. The summed E-state index contributed by atoms with van der Waals surface area (Å²) in [6.45, 7) is 2.12. The van der Waals surface area contributed by atoms with E-state index in [2.05, 4.69) is 38.5 Å². The van der Waals surface area contributed by atoms with Gasteiger partial charge in [0.05, 0.1) is 5.56 Å². The first-order chi connectivity index (χ1) is 12.1. The van der Waals surface area contributed by atoms with Crippen molar-refractivity contribution in [2.45, 2.75) is 19.1 Å². The maximum atomic E-state index is 12.8. The standard InChI is InChI=1S/C17H16BrN3O3S/c1-21-3-2-8-13(6-21)25-17-14(8)16(22)19-15(20-17)9-4-11-12(5-10(9)18)24-7-23-11/h4-5,15,20H,2-3,6-7H2,1H3,(H,19,22). The first-order valence-electron chi connectivity index (χ1n) is 8.09. The van der Waals surface area contributed by atoms with Crippen LogP contribution in [0.3, 0.4) is 0 Å². The number of carbonyl (C=O) groups excluding carboxylic acids is 1. The number of hydrogen-bond acceptors (Lipinski definition) is 6. The zero-order valence-corrected chi connectivity index (χ0v) is 15.9. The van der Waals surface area contributed by atoms with Gasteiger partial charge in [0.25, 0.3) is 5.91 Å². The third-order valence-electron chi connectivity index (χ3n) is 4.83. The van der Waals surface area contributed by atoms with Gasteiger partial charge in [0.15, 0.2) is 11.5 Å². The first kappa shape index (κ1) is 15.5. The van der Waals surface area contributed by atoms with Crippen molar-refractivity contribution in [1.29, 1.82) is 0 Å². The second-order valence-electron chi connectivity index (χ2n) is 6.47. The number of nitrogens with zero attached hydrogens (tertiary/aromatic N) is 1. The molecule has 0 saturated carbocycles. The molecule has 0 saturated heterocycles. The maximum absolute atomic E-state index is 12.8. The van der Waals surface area contributed by atoms with Gasteiger partial charge in [-0.25, -0.2) is 0 Å². The molecule has 0 bridgehead atoms. The van der Waals surface area contributed by atoms with Gasteiger partial charge in [-0.3, -0.25) is 4.79 Å². The molecule has 1 aromatic heterocycles. The van der Waals surface area contributed by atoms with E-state index in [-0.39, 0.29) is 18.9 Å². The normalized spacial score (nSPS) is 21.4. The lowest BCUT2D eigenvalue weighted by Gasteiger charge is -2.28. The smallest absolute Gasteiger partial charge is 0.256 e. The molecule has 0 aliphatic carbocycles. The van der Waals surface area contributed by atoms with Gasteiger partial charge in [-0.1, -0.05) is 15.9 Å². The fraction of sp³-hybridized carbons (Fsp3) is 0.353. The summed E-state index contributed by atoms with van der Waals surface area (Å²) in [5.74, 6) is 1.41. The Bertz CT molecular complexity index is 898. The van der Waals surface area contributed by atoms with E-state index < -0.39 is 0 Å². The van der Waals surface area contributed by atoms with Crippen LogP contribution in [0.25, 0.3) is 0 Å². The third-order valence-corrected chi connectivity index (χ3v) is 6.66. The van der Waals surface area contributed by atoms with Gasteiger partial charge in [0, 0.05) is 28.0 Å². The molecule has 0 spiro atoms. The number of carbonyl (C=O) groups is 1. The summed E-state index contributed by atoms with van der Waals surface area (Å²) in [4.78, 5) is 16.4. The molecular formula is C17H16BrN3O3S. The Hall–Kier alpha value is -1.77. The van der Waals surface area contributed by atoms with Gasteiger partial charge in [0.1, 0.15) is 11.2 Å². The van der Waals surface area contributed by atoms with Crippen LogP contribution in [0.15, 0.2) is 16.6 Å². The molecule has 1 unspecified atom stereocenters. The molecule has 1 aromatic carbocycles. The molecule has 5 rings (SSSR count). The molecule has 0 fully saturated rings. The van der Waals surface area contributed by atoms with Crippen molar-refractivity contribution in [1.82, 2.24) is 10.2 Å². The van der Waals surface area contributed by atoms with E-state index in [0.717, 1.165) is 40.1 Å². The third kappa shape index (κ3) is 2.43. The molecule has 3 aliphatic heterocycles. The zero-order valence-electron chi connectivity index (χ0n) is 13.5. The number of fused-ring (bicyclic) bond motifs is 4. The van der Waals surface area contributed by atoms with E-state index >= 15 is 0 Å². The van der Waals surface area contributed by atoms with E-state index in [1.54, 1.807) is 11.3 Å². The fourth-order valence-electron chi connectivity index (χ4n) is 3.55. The van der Waals surface area contributed by atoms with Crippen LogP contribution in [0.2, 0.25) is 0 Å². The van der Waals surface area contributed by atoms with Gasteiger partial charge in [-0.2, -0.15) is 0 Å². The summed E-state index contributed by atoms with van der Waals surface area (Å²) in [5.41, 5.74) is 2.94. The highest BCUT2D eigenvalue weighted by Gasteiger charge is 2.34. The maximum Gasteiger partial charge on any atom is 0.256 e. The summed E-state index contributed by atoms with van der Waals surface area (Å²) in [7, 11) is 2.11. The molecule has 4 heterocycles. The number of ether oxygens (including phenoxy) is 2. The summed E-state index contributed by atoms with van der Waals surface area (Å²) in [5, 5.41) is 7.53. The molecule has 2 N–H and O–H groups in total. The molecular weight excluding hydrogens is 406 g/mol. The minimum absolute atomic E-state index is 0.00892. The SMILES string of the molecule is CN1CCc2c(sc3c2C(=O)NC(c2cc4c(cc2Br)OCO4)N3)C1. The summed E-state index contributed by atoms with van der Waals surface area (Å²) < 4.78 is 11.7. The minimum atomic E-state index is -0.304. The number of rotatable bonds is 1. The van der Waals surface area contributed by atoms with E-state index in [1.807, 2.05) is 12.1 Å². The first-order valence-corrected chi connectivity index (χ1v) is 9.70. The van der Waals surface area contributed by atoms with Gasteiger partial charge in [-0.05, 0) is 31.2 Å². The minimum Gasteiger partial charge on any atom is -0.454 e. The van der Waals surface area contributed by atoms with Crippen LogP contribution in [0, 0.1) is 0 Å². The second kappa shape index (κ2) is 5.62. The van der Waals surface area contributed by atoms with E-state index in [4.69, 9.17) is 9.47 Å². The monoisotopic (exact) mass is 421 g/mol. The topological polar surface area (TPSA) is 62.8 Å². The van der Waals surface area contributed by atoms with E-state index in [0.29, 0.717) is 11.5 Å². The number of thiophene rings is 1. The van der Waals surface area contributed by atoms with Crippen molar-refractivity contribution in [3.05, 3.63) is 38.2 Å². The molecule has 3 aliphatic rings. The Morgan fingerprint density at radius 1 is 1.28 bits per heavy atom. The summed E-state index contributed by atoms with van der Waals surface area (Å²) in [6.07, 6.45) is 0.618. The van der Waals surface area contributed by atoms with E-state index in [1.165, 1.54) is 10.4 Å². The Kier molecular flexibility index (Phi) is 3.48. The Labute approximate surface area is 157 Å². The molecule has 8 heteroatoms. The van der Waals surface area contributed by atoms with Gasteiger partial charge in [-0.15, -0.1) is 11.3 Å². The average Bonchev–Trinajstić information content (AvgIpc) is 3.16. The van der Waals surface area contributed by atoms with Crippen molar-refractivity contribution in [2.75, 3.05) is 25.7 Å². The highest BCUT2D eigenvalue weighted by Crippen LogP contribution is 2.43. The van der Waals surface area contributed by atoms with Crippen molar-refractivity contribution in [3.63, 3.8) is 0 Å². The molecule has 1 amide bonds. The number of anilines is 1. The van der Waals surface area contributed by atoms with Crippen LogP contribution in [0.4, 0.5) is 5.00 Å². The Morgan fingerprint density at radius 3 is 2.92 bits per heavy atom. The largest absolute Gasteiger partial charge is 0.454 e. The Morgan fingerprint density at radius 2 is 2.08 bits per heavy atom. The number of hydrogen-bond donors (Lipinski definition) is 2. The quantitative estimate of drug-likeness (QED) is 0.740. The zero-order chi connectivity index (χ0) is 17.1. The van der Waals surface area contributed by atoms with Crippen molar-refractivity contribution >= 4 is 38.2 Å². The molecule has 25 heavy (non-hydrogen) atoms. The lowest BCUT2D eigenvalue weighted by Crippen LogP contribution is -2.38. The van der Waals surface area contributed by atoms with Crippen molar-refractivity contribution < 1.29 is 14.3 Å². The summed E-state index contributed by atoms with van der Waals surface area (Å²) >= 11 is 5.27. The summed E-state index contributed by atoms with van der Waals surface area (Å²) in [6, 6.07) is 3.80. The number of likely N-dealkylation sites (N-methyl/N-ethyl adjacent to an activating group) is 1. The van der Waals surface area contributed by atoms with E-state index in [9.17, 15) is 4.79 Å². The second-order valence-corrected chi connectivity index (χ2v) is 8.43. The molecule has 130 valence electrons. The number of amides is 1. The molecule has 0 radical (unpaired) electrons.